The average molecular weight is 351 g/mol. The number of methoxy groups -OCH3 is 1. The lowest BCUT2D eigenvalue weighted by Crippen LogP contribution is -2.45. The molecule has 0 aliphatic rings. The van der Waals surface area contributed by atoms with Gasteiger partial charge >= 0.3 is 11.9 Å². The van der Waals surface area contributed by atoms with Crippen LogP contribution in [0.4, 0.5) is 0 Å². The van der Waals surface area contributed by atoms with Crippen molar-refractivity contribution in [2.45, 2.75) is 26.7 Å². The lowest BCUT2D eigenvalue weighted by molar-refractivity contribution is -0.173. The molecule has 0 aliphatic carbocycles. The van der Waals surface area contributed by atoms with Gasteiger partial charge in [0.25, 0.3) is 0 Å². The third-order valence-corrected chi connectivity index (χ3v) is 3.96. The molecule has 0 fully saturated rings. The van der Waals surface area contributed by atoms with E-state index in [2.05, 4.69) is 0 Å². The number of esters is 2. The highest BCUT2D eigenvalue weighted by Gasteiger charge is 2.48. The molecule has 0 radical (unpaired) electrons. The van der Waals surface area contributed by atoms with E-state index < -0.39 is 17.4 Å². The Bertz CT molecular complexity index is 553. The predicted octanol–water partition coefficient (Wildman–Crippen LogP) is 2.30. The molecule has 0 spiro atoms. The van der Waals surface area contributed by atoms with Gasteiger partial charge in [-0.2, -0.15) is 0 Å². The number of carbonyl (C=O) groups is 2. The van der Waals surface area contributed by atoms with Crippen molar-refractivity contribution in [3.63, 3.8) is 0 Å². The van der Waals surface area contributed by atoms with Gasteiger partial charge in [-0.3, -0.25) is 9.59 Å². The first-order chi connectivity index (χ1) is 11.9. The Labute approximate surface area is 150 Å². The van der Waals surface area contributed by atoms with Crippen LogP contribution >= 0.6 is 0 Å². The smallest absolute Gasteiger partial charge is 0.323 e. The summed E-state index contributed by atoms with van der Waals surface area (Å²) in [5, 5.41) is 0. The fourth-order valence-corrected chi connectivity index (χ4v) is 2.60. The fraction of sp³-hybridized carbons (Fsp3) is 0.579. The van der Waals surface area contributed by atoms with Crippen molar-refractivity contribution in [3.8, 4) is 5.75 Å². The second-order valence-electron chi connectivity index (χ2n) is 6.10. The van der Waals surface area contributed by atoms with Crippen LogP contribution in [0.25, 0.3) is 0 Å². The van der Waals surface area contributed by atoms with Gasteiger partial charge in [-0.1, -0.05) is 12.1 Å². The molecular formula is C19H29NO5. The summed E-state index contributed by atoms with van der Waals surface area (Å²) in [6.07, 6.45) is 0.518. The molecule has 0 aliphatic heterocycles. The third kappa shape index (κ3) is 5.74. The van der Waals surface area contributed by atoms with Crippen molar-refractivity contribution < 1.29 is 23.8 Å². The van der Waals surface area contributed by atoms with Gasteiger partial charge in [0.05, 0.1) is 20.3 Å². The maximum Gasteiger partial charge on any atom is 0.323 e. The lowest BCUT2D eigenvalue weighted by atomic mass is 9.78. The minimum atomic E-state index is -1.37. The van der Waals surface area contributed by atoms with Gasteiger partial charge in [0.2, 0.25) is 0 Å². The molecule has 0 amide bonds. The molecule has 1 aromatic rings. The highest BCUT2D eigenvalue weighted by molar-refractivity contribution is 6.00. The Balaban J connectivity index is 3.28. The molecule has 0 unspecified atom stereocenters. The predicted molar refractivity (Wildman–Crippen MR) is 95.6 cm³/mol. The normalized spacial score (nSPS) is 11.3. The largest absolute Gasteiger partial charge is 0.497 e. The standard InChI is InChI=1S/C19H29NO5/c1-6-24-17(21)19(11-12-20(3)4,18(22)25-7-2)14-15-9-8-10-16(13-15)23-5/h8-10,13H,6-7,11-12,14H2,1-5H3. The first-order valence-corrected chi connectivity index (χ1v) is 8.51. The van der Waals surface area contributed by atoms with E-state index in [-0.39, 0.29) is 19.6 Å². The molecule has 0 aromatic heterocycles. The summed E-state index contributed by atoms with van der Waals surface area (Å²) in [5.74, 6) is -0.414. The minimum absolute atomic E-state index is 0.204. The molecule has 0 bridgehead atoms. The summed E-state index contributed by atoms with van der Waals surface area (Å²) in [7, 11) is 5.37. The van der Waals surface area contributed by atoms with Crippen molar-refractivity contribution in [1.29, 1.82) is 0 Å². The summed E-state index contributed by atoms with van der Waals surface area (Å²) in [6.45, 7) is 4.43. The summed E-state index contributed by atoms with van der Waals surface area (Å²) < 4.78 is 15.7. The Morgan fingerprint density at radius 3 is 2.16 bits per heavy atom. The van der Waals surface area contributed by atoms with Crippen molar-refractivity contribution in [3.05, 3.63) is 29.8 Å². The topological polar surface area (TPSA) is 65.1 Å². The SMILES string of the molecule is CCOC(=O)C(CCN(C)C)(Cc1cccc(OC)c1)C(=O)OCC. The molecule has 0 atom stereocenters. The number of hydrogen-bond donors (Lipinski definition) is 0. The van der Waals surface area contributed by atoms with Crippen LogP contribution in [0, 0.1) is 5.41 Å². The van der Waals surface area contributed by atoms with E-state index in [1.54, 1.807) is 21.0 Å². The average Bonchev–Trinajstić information content (AvgIpc) is 2.59. The second kappa shape index (κ2) is 10.0. The zero-order valence-corrected chi connectivity index (χ0v) is 15.8. The Morgan fingerprint density at radius 2 is 1.68 bits per heavy atom. The summed E-state index contributed by atoms with van der Waals surface area (Å²) in [4.78, 5) is 27.5. The lowest BCUT2D eigenvalue weighted by Gasteiger charge is -2.30. The van der Waals surface area contributed by atoms with E-state index in [4.69, 9.17) is 14.2 Å². The zero-order valence-electron chi connectivity index (χ0n) is 15.8. The Morgan fingerprint density at radius 1 is 1.08 bits per heavy atom. The number of carbonyl (C=O) groups excluding carboxylic acids is 2. The summed E-state index contributed by atoms with van der Waals surface area (Å²) in [5.41, 5.74) is -0.554. The van der Waals surface area contributed by atoms with Gasteiger partial charge in [0.15, 0.2) is 5.41 Å². The molecular weight excluding hydrogens is 322 g/mol. The molecule has 25 heavy (non-hydrogen) atoms. The maximum atomic E-state index is 12.8. The number of nitrogens with zero attached hydrogens (tertiary/aromatic N) is 1. The molecule has 6 heteroatoms. The van der Waals surface area contributed by atoms with Crippen LogP contribution in [-0.4, -0.2) is 57.8 Å². The van der Waals surface area contributed by atoms with Crippen LogP contribution in [-0.2, 0) is 25.5 Å². The van der Waals surface area contributed by atoms with E-state index in [0.29, 0.717) is 18.7 Å². The number of ether oxygens (including phenoxy) is 3. The highest BCUT2D eigenvalue weighted by atomic mass is 16.6. The van der Waals surface area contributed by atoms with Gasteiger partial charge in [0.1, 0.15) is 5.75 Å². The molecule has 0 saturated heterocycles. The molecule has 1 aromatic carbocycles. The van der Waals surface area contributed by atoms with Crippen molar-refractivity contribution in [2.75, 3.05) is 41.0 Å². The van der Waals surface area contributed by atoms with Crippen molar-refractivity contribution >= 4 is 11.9 Å². The highest BCUT2D eigenvalue weighted by Crippen LogP contribution is 2.32. The van der Waals surface area contributed by atoms with Gasteiger partial charge in [0, 0.05) is 0 Å². The number of benzene rings is 1. The molecule has 0 N–H and O–H groups in total. The van der Waals surface area contributed by atoms with Gasteiger partial charge in [-0.15, -0.1) is 0 Å². The number of hydrogen-bond acceptors (Lipinski definition) is 6. The summed E-state index contributed by atoms with van der Waals surface area (Å²) in [6, 6.07) is 7.34. The van der Waals surface area contributed by atoms with Crippen LogP contribution in [0.15, 0.2) is 24.3 Å². The van der Waals surface area contributed by atoms with E-state index in [1.165, 1.54) is 0 Å². The van der Waals surface area contributed by atoms with Crippen LogP contribution in [0.1, 0.15) is 25.8 Å². The second-order valence-corrected chi connectivity index (χ2v) is 6.10. The summed E-state index contributed by atoms with van der Waals surface area (Å²) >= 11 is 0. The molecule has 1 rings (SSSR count). The van der Waals surface area contributed by atoms with Crippen molar-refractivity contribution in [2.24, 2.45) is 5.41 Å². The zero-order chi connectivity index (χ0) is 18.9. The van der Waals surface area contributed by atoms with Crippen molar-refractivity contribution in [1.82, 2.24) is 4.90 Å². The van der Waals surface area contributed by atoms with Crippen LogP contribution in [0.5, 0.6) is 5.75 Å². The maximum absolute atomic E-state index is 12.8. The van der Waals surface area contributed by atoms with Gasteiger partial charge in [-0.25, -0.2) is 0 Å². The van der Waals surface area contributed by atoms with E-state index in [9.17, 15) is 9.59 Å². The number of rotatable bonds is 10. The quantitative estimate of drug-likeness (QED) is 0.476. The Hall–Kier alpha value is -2.08. The molecule has 140 valence electrons. The third-order valence-electron chi connectivity index (χ3n) is 3.96. The van der Waals surface area contributed by atoms with Gasteiger partial charge < -0.3 is 19.1 Å². The minimum Gasteiger partial charge on any atom is -0.497 e. The van der Waals surface area contributed by atoms with E-state index in [1.807, 2.05) is 43.3 Å². The molecule has 0 saturated carbocycles. The van der Waals surface area contributed by atoms with Crippen LogP contribution in [0.2, 0.25) is 0 Å². The van der Waals surface area contributed by atoms with Crippen LogP contribution < -0.4 is 4.74 Å². The fourth-order valence-electron chi connectivity index (χ4n) is 2.60. The van der Waals surface area contributed by atoms with E-state index >= 15 is 0 Å². The first-order valence-electron chi connectivity index (χ1n) is 8.51. The first kappa shape index (κ1) is 21.0. The van der Waals surface area contributed by atoms with E-state index in [0.717, 1.165) is 5.56 Å². The Kier molecular flexibility index (Phi) is 8.41. The molecule has 6 nitrogen and oxygen atoms in total. The monoisotopic (exact) mass is 351 g/mol. The van der Waals surface area contributed by atoms with Gasteiger partial charge in [-0.05, 0) is 65.0 Å². The van der Waals surface area contributed by atoms with Crippen LogP contribution in [0.3, 0.4) is 0 Å². The molecule has 0 heterocycles.